The average molecular weight is 524 g/mol. The van der Waals surface area contributed by atoms with Crippen molar-refractivity contribution in [3.05, 3.63) is 89.7 Å². The zero-order chi connectivity index (χ0) is 27.2. The Morgan fingerprint density at radius 3 is 2.46 bits per heavy atom. The summed E-state index contributed by atoms with van der Waals surface area (Å²) in [4.78, 5) is 20.1. The van der Waals surface area contributed by atoms with Crippen molar-refractivity contribution in [1.82, 2.24) is 9.55 Å². The molecule has 1 aromatic heterocycles. The normalized spacial score (nSPS) is 15.5. The Kier molecular flexibility index (Phi) is 8.65. The first-order chi connectivity index (χ1) is 19.0. The van der Waals surface area contributed by atoms with E-state index in [2.05, 4.69) is 92.1 Å². The number of aryl methyl sites for hydroxylation is 2. The maximum atomic E-state index is 13.1. The number of hydrogen-bond acceptors (Lipinski definition) is 3. The van der Waals surface area contributed by atoms with E-state index in [0.717, 1.165) is 54.1 Å². The van der Waals surface area contributed by atoms with Gasteiger partial charge in [0, 0.05) is 31.1 Å². The third kappa shape index (κ3) is 6.35. The van der Waals surface area contributed by atoms with Gasteiger partial charge in [-0.3, -0.25) is 4.79 Å². The molecule has 5 rings (SSSR count). The Labute approximate surface area is 232 Å². The van der Waals surface area contributed by atoms with Gasteiger partial charge in [0.2, 0.25) is 5.91 Å². The zero-order valence-corrected chi connectivity index (χ0v) is 23.6. The molecule has 204 valence electrons. The quantitative estimate of drug-likeness (QED) is 0.177. The molecule has 0 N–H and O–H groups in total. The van der Waals surface area contributed by atoms with Crippen LogP contribution in [0.15, 0.2) is 72.8 Å². The van der Waals surface area contributed by atoms with Crippen molar-refractivity contribution < 1.29 is 9.53 Å². The highest BCUT2D eigenvalue weighted by Gasteiger charge is 2.34. The Morgan fingerprint density at radius 2 is 1.72 bits per heavy atom. The van der Waals surface area contributed by atoms with Gasteiger partial charge in [-0.15, -0.1) is 0 Å². The van der Waals surface area contributed by atoms with E-state index in [1.54, 1.807) is 0 Å². The van der Waals surface area contributed by atoms with Crippen LogP contribution in [0.25, 0.3) is 11.0 Å². The Bertz CT molecular complexity index is 1370. The molecule has 1 saturated heterocycles. The number of ether oxygens (including phenoxy) is 1. The van der Waals surface area contributed by atoms with Gasteiger partial charge in [0.25, 0.3) is 0 Å². The monoisotopic (exact) mass is 523 g/mol. The van der Waals surface area contributed by atoms with Crippen molar-refractivity contribution in [2.24, 2.45) is 0 Å². The second kappa shape index (κ2) is 12.5. The van der Waals surface area contributed by atoms with Crippen molar-refractivity contribution in [3.8, 4) is 5.75 Å². The van der Waals surface area contributed by atoms with Crippen molar-refractivity contribution in [2.45, 2.75) is 77.7 Å². The van der Waals surface area contributed by atoms with Crippen LogP contribution < -0.4 is 9.64 Å². The molecular weight excluding hydrogens is 482 g/mol. The summed E-state index contributed by atoms with van der Waals surface area (Å²) in [5.41, 5.74) is 5.80. The molecule has 4 aromatic rings. The summed E-state index contributed by atoms with van der Waals surface area (Å²) < 4.78 is 8.34. The molecule has 0 bridgehead atoms. The fourth-order valence-corrected chi connectivity index (χ4v) is 5.51. The molecule has 0 spiro atoms. The fraction of sp³-hybridized carbons (Fsp3) is 0.412. The SMILES string of the molecule is CCCCc1ccc(N2CC(c3nc4ccccc4n3CCCCOc3ccc(C(C)C)cc3)CC2=O)cc1. The Hall–Kier alpha value is -3.60. The van der Waals surface area contributed by atoms with Gasteiger partial charge in [0.05, 0.1) is 17.6 Å². The maximum absolute atomic E-state index is 13.1. The van der Waals surface area contributed by atoms with Gasteiger partial charge in [-0.2, -0.15) is 0 Å². The van der Waals surface area contributed by atoms with Gasteiger partial charge < -0.3 is 14.2 Å². The molecule has 1 aliphatic heterocycles. The number of carbonyl (C=O) groups is 1. The summed E-state index contributed by atoms with van der Waals surface area (Å²) in [7, 11) is 0. The number of imidazole rings is 1. The Balaban J connectivity index is 1.23. The molecule has 1 unspecified atom stereocenters. The van der Waals surface area contributed by atoms with Crippen LogP contribution in [0.1, 0.15) is 81.7 Å². The lowest BCUT2D eigenvalue weighted by atomic mass is 10.0. The number of fused-ring (bicyclic) bond motifs is 1. The van der Waals surface area contributed by atoms with Crippen LogP contribution in [0.2, 0.25) is 0 Å². The van der Waals surface area contributed by atoms with Gasteiger partial charge in [0.15, 0.2) is 0 Å². The van der Waals surface area contributed by atoms with Crippen LogP contribution in [0.4, 0.5) is 5.69 Å². The minimum atomic E-state index is 0.0837. The largest absolute Gasteiger partial charge is 0.494 e. The lowest BCUT2D eigenvalue weighted by Crippen LogP contribution is -2.24. The maximum Gasteiger partial charge on any atom is 0.227 e. The number of rotatable bonds is 12. The van der Waals surface area contributed by atoms with Crippen LogP contribution in [-0.4, -0.2) is 28.6 Å². The Morgan fingerprint density at radius 1 is 0.949 bits per heavy atom. The summed E-state index contributed by atoms with van der Waals surface area (Å²) in [6, 6.07) is 25.3. The molecule has 5 nitrogen and oxygen atoms in total. The molecule has 1 aliphatic rings. The molecule has 1 amide bonds. The number of para-hydroxylation sites is 2. The molecule has 3 aromatic carbocycles. The van der Waals surface area contributed by atoms with Gasteiger partial charge in [-0.25, -0.2) is 4.98 Å². The fourth-order valence-electron chi connectivity index (χ4n) is 5.51. The van der Waals surface area contributed by atoms with Gasteiger partial charge >= 0.3 is 0 Å². The second-order valence-electron chi connectivity index (χ2n) is 11.1. The van der Waals surface area contributed by atoms with E-state index in [0.29, 0.717) is 25.5 Å². The summed E-state index contributed by atoms with van der Waals surface area (Å²) in [5.74, 6) is 2.74. The number of nitrogens with zero attached hydrogens (tertiary/aromatic N) is 3. The molecule has 0 radical (unpaired) electrons. The first kappa shape index (κ1) is 27.0. The van der Waals surface area contributed by atoms with E-state index >= 15 is 0 Å². The van der Waals surface area contributed by atoms with Crippen molar-refractivity contribution >= 4 is 22.6 Å². The van der Waals surface area contributed by atoms with Crippen molar-refractivity contribution in [1.29, 1.82) is 0 Å². The van der Waals surface area contributed by atoms with E-state index in [4.69, 9.17) is 9.72 Å². The highest BCUT2D eigenvalue weighted by Crippen LogP contribution is 2.33. The van der Waals surface area contributed by atoms with E-state index < -0.39 is 0 Å². The predicted octanol–water partition coefficient (Wildman–Crippen LogP) is 7.88. The van der Waals surface area contributed by atoms with E-state index in [-0.39, 0.29) is 11.8 Å². The van der Waals surface area contributed by atoms with Crippen molar-refractivity contribution in [2.75, 3.05) is 18.1 Å². The zero-order valence-electron chi connectivity index (χ0n) is 23.6. The number of benzene rings is 3. The second-order valence-corrected chi connectivity index (χ2v) is 11.1. The van der Waals surface area contributed by atoms with Gasteiger partial charge in [-0.05, 0) is 79.1 Å². The molecule has 1 atom stereocenters. The predicted molar refractivity (Wildman–Crippen MR) is 160 cm³/mol. The number of unbranched alkanes of at least 4 members (excludes halogenated alkanes) is 2. The first-order valence-corrected chi connectivity index (χ1v) is 14.6. The summed E-state index contributed by atoms with van der Waals surface area (Å²) >= 11 is 0. The first-order valence-electron chi connectivity index (χ1n) is 14.6. The average Bonchev–Trinajstić information content (AvgIpc) is 3.52. The smallest absolute Gasteiger partial charge is 0.227 e. The minimum Gasteiger partial charge on any atom is -0.494 e. The minimum absolute atomic E-state index is 0.0837. The summed E-state index contributed by atoms with van der Waals surface area (Å²) in [6.07, 6.45) is 5.91. The van der Waals surface area contributed by atoms with Crippen LogP contribution in [0.5, 0.6) is 5.75 Å². The van der Waals surface area contributed by atoms with Gasteiger partial charge in [0.1, 0.15) is 11.6 Å². The summed E-state index contributed by atoms with van der Waals surface area (Å²) in [6.45, 7) is 8.84. The molecular formula is C34H41N3O2. The number of amides is 1. The van der Waals surface area contributed by atoms with Crippen LogP contribution in [0.3, 0.4) is 0 Å². The number of anilines is 1. The van der Waals surface area contributed by atoms with E-state index in [1.807, 2.05) is 11.0 Å². The van der Waals surface area contributed by atoms with Crippen LogP contribution >= 0.6 is 0 Å². The van der Waals surface area contributed by atoms with Crippen LogP contribution in [-0.2, 0) is 17.8 Å². The highest BCUT2D eigenvalue weighted by atomic mass is 16.5. The van der Waals surface area contributed by atoms with Gasteiger partial charge in [-0.1, -0.05) is 63.6 Å². The molecule has 1 fully saturated rings. The molecule has 2 heterocycles. The topological polar surface area (TPSA) is 47.4 Å². The summed E-state index contributed by atoms with van der Waals surface area (Å²) in [5, 5.41) is 0. The molecule has 39 heavy (non-hydrogen) atoms. The standard InChI is InChI=1S/C34H41N3O2/c1-4-5-10-26-13-17-29(18-14-26)37-24-28(23-33(37)38)34-35-31-11-6-7-12-32(31)36(34)21-8-9-22-39-30-19-15-27(16-20-30)25(2)3/h6-7,11-20,25,28H,4-5,8-10,21-24H2,1-3H3. The third-order valence-electron chi connectivity index (χ3n) is 7.83. The lowest BCUT2D eigenvalue weighted by Gasteiger charge is -2.18. The van der Waals surface area contributed by atoms with Crippen LogP contribution in [0, 0.1) is 0 Å². The van der Waals surface area contributed by atoms with E-state index in [1.165, 1.54) is 24.0 Å². The molecule has 0 saturated carbocycles. The number of aromatic nitrogens is 2. The highest BCUT2D eigenvalue weighted by molar-refractivity contribution is 5.96. The number of carbonyl (C=O) groups excluding carboxylic acids is 1. The molecule has 5 heteroatoms. The third-order valence-corrected chi connectivity index (χ3v) is 7.83. The molecule has 0 aliphatic carbocycles. The lowest BCUT2D eigenvalue weighted by molar-refractivity contribution is -0.117. The van der Waals surface area contributed by atoms with Crippen molar-refractivity contribution in [3.63, 3.8) is 0 Å². The number of hydrogen-bond donors (Lipinski definition) is 0. The van der Waals surface area contributed by atoms with E-state index in [9.17, 15) is 4.79 Å².